The van der Waals surface area contributed by atoms with Crippen LogP contribution in [0, 0.1) is 5.82 Å². The van der Waals surface area contributed by atoms with Crippen LogP contribution >= 0.6 is 0 Å². The van der Waals surface area contributed by atoms with Gasteiger partial charge in [0.2, 0.25) is 0 Å². The Morgan fingerprint density at radius 3 is 2.53 bits per heavy atom. The van der Waals surface area contributed by atoms with E-state index >= 15 is 0 Å². The first kappa shape index (κ1) is 11.7. The van der Waals surface area contributed by atoms with Crippen LogP contribution in [-0.2, 0) is 0 Å². The summed E-state index contributed by atoms with van der Waals surface area (Å²) in [6.45, 7) is 2.75. The van der Waals surface area contributed by atoms with E-state index in [0.717, 1.165) is 12.1 Å². The van der Waals surface area contributed by atoms with E-state index in [1.165, 1.54) is 6.20 Å². The lowest BCUT2D eigenvalue weighted by Crippen LogP contribution is -2.23. The summed E-state index contributed by atoms with van der Waals surface area (Å²) in [5, 5.41) is 3.26. The molecule has 0 aliphatic heterocycles. The molecule has 0 aliphatic rings. The van der Waals surface area contributed by atoms with E-state index in [4.69, 9.17) is 0 Å². The Morgan fingerprint density at radius 1 is 1.18 bits per heavy atom. The minimum absolute atomic E-state index is 0.161. The molecule has 0 radical (unpaired) electrons. The quantitative estimate of drug-likeness (QED) is 0.877. The van der Waals surface area contributed by atoms with Crippen molar-refractivity contribution < 1.29 is 4.39 Å². The molecule has 17 heavy (non-hydrogen) atoms. The fourth-order valence-electron chi connectivity index (χ4n) is 1.79. The predicted octanol–water partition coefficient (Wildman–Crippen LogP) is 2.31. The maximum atomic E-state index is 13.7. The number of nitrogens with one attached hydrogen (secondary N) is 1. The van der Waals surface area contributed by atoms with Crippen molar-refractivity contribution in [1.82, 2.24) is 15.3 Å². The number of halogens is 1. The molecule has 2 aromatic rings. The average molecular weight is 231 g/mol. The fourth-order valence-corrected chi connectivity index (χ4v) is 1.79. The number of aromatic nitrogens is 2. The van der Waals surface area contributed by atoms with Gasteiger partial charge < -0.3 is 5.32 Å². The van der Waals surface area contributed by atoms with Crippen molar-refractivity contribution in [2.45, 2.75) is 13.0 Å². The molecular formula is C13H14FN3. The first-order valence-electron chi connectivity index (χ1n) is 5.55. The third-order valence-electron chi connectivity index (χ3n) is 2.56. The first-order chi connectivity index (χ1) is 8.33. The van der Waals surface area contributed by atoms with Gasteiger partial charge in [-0.25, -0.2) is 4.39 Å². The van der Waals surface area contributed by atoms with Crippen LogP contribution in [0.25, 0.3) is 0 Å². The molecule has 1 unspecified atom stereocenters. The lowest BCUT2D eigenvalue weighted by molar-refractivity contribution is 0.554. The summed E-state index contributed by atoms with van der Waals surface area (Å²) in [6.07, 6.45) is 6.25. The van der Waals surface area contributed by atoms with Crippen LogP contribution in [0.2, 0.25) is 0 Å². The van der Waals surface area contributed by atoms with Gasteiger partial charge in [-0.15, -0.1) is 0 Å². The molecule has 0 aliphatic carbocycles. The molecule has 1 atom stereocenters. The van der Waals surface area contributed by atoms with E-state index in [9.17, 15) is 4.39 Å². The van der Waals surface area contributed by atoms with Crippen molar-refractivity contribution >= 4 is 0 Å². The summed E-state index contributed by atoms with van der Waals surface area (Å²) in [5.41, 5.74) is 1.60. The zero-order chi connectivity index (χ0) is 12.1. The fraction of sp³-hybridized carbons (Fsp3) is 0.231. The number of nitrogens with zero attached hydrogens (tertiary/aromatic N) is 2. The van der Waals surface area contributed by atoms with Crippen molar-refractivity contribution in [2.24, 2.45) is 0 Å². The molecule has 88 valence electrons. The molecule has 4 heteroatoms. The van der Waals surface area contributed by atoms with Crippen molar-refractivity contribution in [2.75, 3.05) is 6.54 Å². The van der Waals surface area contributed by atoms with E-state index in [1.54, 1.807) is 24.7 Å². The summed E-state index contributed by atoms with van der Waals surface area (Å²) in [7, 11) is 0. The topological polar surface area (TPSA) is 37.8 Å². The van der Waals surface area contributed by atoms with Gasteiger partial charge in [-0.1, -0.05) is 6.92 Å². The highest BCUT2D eigenvalue weighted by atomic mass is 19.1. The molecule has 1 N–H and O–H groups in total. The van der Waals surface area contributed by atoms with Crippen molar-refractivity contribution in [3.8, 4) is 0 Å². The van der Waals surface area contributed by atoms with Gasteiger partial charge in [-0.05, 0) is 30.3 Å². The normalized spacial score (nSPS) is 12.4. The Hall–Kier alpha value is -1.81. The minimum Gasteiger partial charge on any atom is -0.306 e. The largest absolute Gasteiger partial charge is 0.306 e. The van der Waals surface area contributed by atoms with E-state index in [0.29, 0.717) is 5.56 Å². The Labute approximate surface area is 99.7 Å². The highest BCUT2D eigenvalue weighted by molar-refractivity contribution is 5.29. The summed E-state index contributed by atoms with van der Waals surface area (Å²) >= 11 is 0. The molecular weight excluding hydrogens is 217 g/mol. The van der Waals surface area contributed by atoms with E-state index in [-0.39, 0.29) is 11.9 Å². The summed E-state index contributed by atoms with van der Waals surface area (Å²) in [6, 6.07) is 5.30. The summed E-state index contributed by atoms with van der Waals surface area (Å²) in [5.74, 6) is -0.296. The van der Waals surface area contributed by atoms with Crippen LogP contribution in [0.3, 0.4) is 0 Å². The van der Waals surface area contributed by atoms with Gasteiger partial charge in [-0.2, -0.15) is 0 Å². The van der Waals surface area contributed by atoms with Crippen molar-refractivity contribution in [3.63, 3.8) is 0 Å². The van der Waals surface area contributed by atoms with E-state index in [1.807, 2.05) is 19.1 Å². The molecule has 0 spiro atoms. The number of hydrogen-bond donors (Lipinski definition) is 1. The lowest BCUT2D eigenvalue weighted by atomic mass is 10.0. The Kier molecular flexibility index (Phi) is 3.77. The van der Waals surface area contributed by atoms with Gasteiger partial charge in [0.05, 0.1) is 12.2 Å². The predicted molar refractivity (Wildman–Crippen MR) is 64.0 cm³/mol. The maximum Gasteiger partial charge on any atom is 0.146 e. The number of hydrogen-bond acceptors (Lipinski definition) is 3. The van der Waals surface area contributed by atoms with Crippen LogP contribution in [0.4, 0.5) is 4.39 Å². The lowest BCUT2D eigenvalue weighted by Gasteiger charge is -2.18. The number of rotatable bonds is 4. The van der Waals surface area contributed by atoms with Gasteiger partial charge in [0.15, 0.2) is 0 Å². The van der Waals surface area contributed by atoms with Gasteiger partial charge in [0.1, 0.15) is 5.82 Å². The second-order valence-corrected chi connectivity index (χ2v) is 3.67. The van der Waals surface area contributed by atoms with Crippen LogP contribution < -0.4 is 5.32 Å². The van der Waals surface area contributed by atoms with Gasteiger partial charge >= 0.3 is 0 Å². The summed E-state index contributed by atoms with van der Waals surface area (Å²) < 4.78 is 13.7. The monoisotopic (exact) mass is 231 g/mol. The van der Waals surface area contributed by atoms with E-state index in [2.05, 4.69) is 15.3 Å². The van der Waals surface area contributed by atoms with Gasteiger partial charge in [-0.3, -0.25) is 9.97 Å². The molecule has 0 amide bonds. The molecule has 0 aromatic carbocycles. The van der Waals surface area contributed by atoms with Gasteiger partial charge in [0.25, 0.3) is 0 Å². The molecule has 3 nitrogen and oxygen atoms in total. The Balaban J connectivity index is 2.39. The Bertz CT molecular complexity index is 473. The Morgan fingerprint density at radius 2 is 1.88 bits per heavy atom. The molecule has 0 saturated carbocycles. The van der Waals surface area contributed by atoms with Crippen LogP contribution in [0.5, 0.6) is 0 Å². The number of pyridine rings is 2. The minimum atomic E-state index is -0.296. The van der Waals surface area contributed by atoms with Crippen LogP contribution in [-0.4, -0.2) is 16.5 Å². The standard InChI is InChI=1S/C13H14FN3/c1-2-17-13(10-3-6-15-7-4-10)11-5-8-16-9-12(11)14/h3-9,13,17H,2H2,1H3. The maximum absolute atomic E-state index is 13.7. The molecule has 2 heterocycles. The van der Waals surface area contributed by atoms with Gasteiger partial charge in [0, 0.05) is 24.2 Å². The smallest absolute Gasteiger partial charge is 0.146 e. The molecule has 0 fully saturated rings. The highest BCUT2D eigenvalue weighted by Gasteiger charge is 2.16. The van der Waals surface area contributed by atoms with E-state index < -0.39 is 0 Å². The van der Waals surface area contributed by atoms with Crippen molar-refractivity contribution in [3.05, 3.63) is 59.9 Å². The first-order valence-corrected chi connectivity index (χ1v) is 5.55. The average Bonchev–Trinajstić information content (AvgIpc) is 2.38. The van der Waals surface area contributed by atoms with Crippen molar-refractivity contribution in [1.29, 1.82) is 0 Å². The zero-order valence-corrected chi connectivity index (χ0v) is 9.60. The molecule has 0 bridgehead atoms. The second-order valence-electron chi connectivity index (χ2n) is 3.67. The third kappa shape index (κ3) is 2.65. The van der Waals surface area contributed by atoms with Crippen LogP contribution in [0.1, 0.15) is 24.1 Å². The van der Waals surface area contributed by atoms with Crippen LogP contribution in [0.15, 0.2) is 43.0 Å². The highest BCUT2D eigenvalue weighted by Crippen LogP contribution is 2.23. The zero-order valence-electron chi connectivity index (χ0n) is 9.60. The SMILES string of the molecule is CCNC(c1ccncc1)c1ccncc1F. The second kappa shape index (κ2) is 5.50. The molecule has 2 aromatic heterocycles. The summed E-state index contributed by atoms with van der Waals surface area (Å²) in [4.78, 5) is 7.74. The molecule has 0 saturated heterocycles. The third-order valence-corrected chi connectivity index (χ3v) is 2.56. The molecule has 2 rings (SSSR count).